The Labute approximate surface area is 321 Å². The second-order valence-electron chi connectivity index (χ2n) is 11.8. The summed E-state index contributed by atoms with van der Waals surface area (Å²) in [6, 6.07) is 22.4. The number of rotatable bonds is 16. The molecule has 1 heterocycles. The highest BCUT2D eigenvalue weighted by Crippen LogP contribution is 2.38. The fourth-order valence-corrected chi connectivity index (χ4v) is 10.3. The summed E-state index contributed by atoms with van der Waals surface area (Å²) >= 11 is 1.92. The second kappa shape index (κ2) is 16.9. The molecule has 18 heteroatoms. The van der Waals surface area contributed by atoms with Crippen molar-refractivity contribution >= 4 is 48.5 Å². The molecule has 0 saturated heterocycles. The van der Waals surface area contributed by atoms with Crippen molar-refractivity contribution in [2.45, 2.75) is 42.4 Å². The molecular formula is C35H37IN6O9S2. The molecule has 0 aliphatic carbocycles. The van der Waals surface area contributed by atoms with Gasteiger partial charge in [-0.05, 0) is 99.9 Å². The lowest BCUT2D eigenvalue weighted by Crippen LogP contribution is -2.37. The minimum absolute atomic E-state index is 0.0686. The van der Waals surface area contributed by atoms with Crippen molar-refractivity contribution in [3.05, 3.63) is 105 Å². The number of amides is 1. The van der Waals surface area contributed by atoms with E-state index in [0.717, 1.165) is 5.56 Å². The zero-order valence-corrected chi connectivity index (χ0v) is 32.9. The maximum Gasteiger partial charge on any atom is 0.404 e. The Morgan fingerprint density at radius 1 is 0.811 bits per heavy atom. The molecular weight excluding hydrogens is 839 g/mol. The average Bonchev–Trinajstić information content (AvgIpc) is 3.59. The fourth-order valence-electron chi connectivity index (χ4n) is 5.45. The Morgan fingerprint density at radius 3 is 1.77 bits per heavy atom. The van der Waals surface area contributed by atoms with E-state index in [2.05, 4.69) is 20.7 Å². The molecule has 0 spiro atoms. The first-order chi connectivity index (χ1) is 25.2. The van der Waals surface area contributed by atoms with E-state index in [4.69, 9.17) is 14.2 Å². The largest absolute Gasteiger partial charge is 0.497 e. The highest BCUT2D eigenvalue weighted by molar-refractivity contribution is 14.1. The van der Waals surface area contributed by atoms with Gasteiger partial charge in [0.05, 0.1) is 44.1 Å². The SMILES string of the molecule is COc1ccc(CN(Cc2ccc(OC)cc2)S(=O)(=O)c2c(S(=O)(=O)CC(C)NC(=O)O)ccc(I)c2-c2nnn(Cc3ccc(OC)cc3)n2)cc1. The van der Waals surface area contributed by atoms with Crippen LogP contribution in [0.5, 0.6) is 17.2 Å². The second-order valence-corrected chi connectivity index (χ2v) is 16.9. The van der Waals surface area contributed by atoms with Crippen molar-refractivity contribution in [1.29, 1.82) is 0 Å². The van der Waals surface area contributed by atoms with Crippen LogP contribution in [0.2, 0.25) is 0 Å². The number of nitrogens with one attached hydrogen (secondary N) is 1. The molecule has 0 radical (unpaired) electrons. The number of tetrazole rings is 1. The molecule has 15 nitrogen and oxygen atoms in total. The Kier molecular flexibility index (Phi) is 12.6. The molecule has 0 aliphatic rings. The number of ether oxygens (including phenoxy) is 3. The van der Waals surface area contributed by atoms with Crippen molar-refractivity contribution in [3.8, 4) is 28.6 Å². The van der Waals surface area contributed by atoms with Crippen LogP contribution in [0.15, 0.2) is 94.7 Å². The Hall–Kier alpha value is -4.79. The molecule has 5 aromatic rings. The number of nitrogens with zero attached hydrogens (tertiary/aromatic N) is 5. The van der Waals surface area contributed by atoms with Crippen molar-refractivity contribution in [2.75, 3.05) is 27.1 Å². The maximum atomic E-state index is 15.2. The third-order valence-corrected chi connectivity index (χ3v) is 12.9. The molecule has 5 rings (SSSR count). The van der Waals surface area contributed by atoms with Gasteiger partial charge < -0.3 is 24.6 Å². The monoisotopic (exact) mass is 876 g/mol. The highest BCUT2D eigenvalue weighted by Gasteiger charge is 2.37. The zero-order valence-electron chi connectivity index (χ0n) is 29.1. The van der Waals surface area contributed by atoms with Gasteiger partial charge in [0.2, 0.25) is 15.8 Å². The fraction of sp³-hybridized carbons (Fsp3) is 0.257. The number of carboxylic acid groups (broad SMARTS) is 1. The molecule has 0 fully saturated rings. The van der Waals surface area contributed by atoms with Gasteiger partial charge in [-0.25, -0.2) is 21.6 Å². The molecule has 0 aliphatic heterocycles. The summed E-state index contributed by atoms with van der Waals surface area (Å²) in [4.78, 5) is 11.5. The van der Waals surface area contributed by atoms with Crippen LogP contribution >= 0.6 is 22.6 Å². The summed E-state index contributed by atoms with van der Waals surface area (Å²) in [6.07, 6.45) is -1.42. The van der Waals surface area contributed by atoms with Crippen LogP contribution in [0.1, 0.15) is 23.6 Å². The van der Waals surface area contributed by atoms with Gasteiger partial charge in [0.1, 0.15) is 22.1 Å². The molecule has 1 atom stereocenters. The number of hydrogen-bond acceptors (Lipinski definition) is 11. The van der Waals surface area contributed by atoms with Gasteiger partial charge >= 0.3 is 6.09 Å². The Balaban J connectivity index is 1.69. The van der Waals surface area contributed by atoms with E-state index in [1.54, 1.807) is 67.8 Å². The summed E-state index contributed by atoms with van der Waals surface area (Å²) in [6.45, 7) is 1.24. The first-order valence-corrected chi connectivity index (χ1v) is 20.1. The van der Waals surface area contributed by atoms with Crippen molar-refractivity contribution in [1.82, 2.24) is 29.8 Å². The zero-order chi connectivity index (χ0) is 38.3. The van der Waals surface area contributed by atoms with Crippen LogP contribution in [-0.4, -0.2) is 85.7 Å². The predicted octanol–water partition coefficient (Wildman–Crippen LogP) is 4.84. The van der Waals surface area contributed by atoms with Gasteiger partial charge in [-0.1, -0.05) is 36.4 Å². The summed E-state index contributed by atoms with van der Waals surface area (Å²) in [7, 11) is -4.62. The van der Waals surface area contributed by atoms with Crippen molar-refractivity contribution < 1.29 is 40.9 Å². The van der Waals surface area contributed by atoms with E-state index in [-0.39, 0.29) is 31.0 Å². The number of sulfone groups is 1. The third kappa shape index (κ3) is 9.61. The predicted molar refractivity (Wildman–Crippen MR) is 203 cm³/mol. The standard InChI is InChI=1S/C35H37IN6O9S2/c1-23(37-35(43)44)22-52(45,46)31-18-17-30(36)32(34-38-40-42(39-34)21-26-9-15-29(51-4)16-10-26)33(31)53(47,48)41(19-24-5-11-27(49-2)12-6-24)20-25-7-13-28(50-3)14-8-25/h5-18,23,37H,19-22H2,1-4H3,(H,43,44). The number of carbonyl (C=O) groups is 1. The van der Waals surface area contributed by atoms with Crippen LogP contribution in [0.25, 0.3) is 11.4 Å². The highest BCUT2D eigenvalue weighted by atomic mass is 127. The van der Waals surface area contributed by atoms with Gasteiger partial charge in [-0.15, -0.1) is 10.2 Å². The lowest BCUT2D eigenvalue weighted by Gasteiger charge is -2.26. The van der Waals surface area contributed by atoms with E-state index in [9.17, 15) is 18.3 Å². The van der Waals surface area contributed by atoms with Gasteiger partial charge in [0.15, 0.2) is 9.84 Å². The van der Waals surface area contributed by atoms with E-state index >= 15 is 8.42 Å². The molecule has 280 valence electrons. The summed E-state index contributed by atoms with van der Waals surface area (Å²) < 4.78 is 76.1. The van der Waals surface area contributed by atoms with E-state index in [0.29, 0.717) is 31.9 Å². The van der Waals surface area contributed by atoms with Crippen molar-refractivity contribution in [3.63, 3.8) is 0 Å². The number of sulfonamides is 1. The van der Waals surface area contributed by atoms with E-state index in [1.807, 2.05) is 34.7 Å². The number of halogens is 1. The quantitative estimate of drug-likeness (QED) is 0.129. The van der Waals surface area contributed by atoms with Crippen LogP contribution in [0.4, 0.5) is 4.79 Å². The molecule has 0 bridgehead atoms. The molecule has 0 saturated carbocycles. The molecule has 4 aromatic carbocycles. The lowest BCUT2D eigenvalue weighted by atomic mass is 10.2. The topological polar surface area (TPSA) is 192 Å². The van der Waals surface area contributed by atoms with Gasteiger partial charge in [-0.2, -0.15) is 9.10 Å². The molecule has 1 aromatic heterocycles. The maximum absolute atomic E-state index is 15.2. The number of benzene rings is 4. The lowest BCUT2D eigenvalue weighted by molar-refractivity contribution is 0.192. The van der Waals surface area contributed by atoms with Crippen LogP contribution in [0.3, 0.4) is 0 Å². The molecule has 1 amide bonds. The smallest absolute Gasteiger partial charge is 0.404 e. The van der Waals surface area contributed by atoms with E-state index in [1.165, 1.54) is 42.4 Å². The Morgan fingerprint density at radius 2 is 1.30 bits per heavy atom. The summed E-state index contributed by atoms with van der Waals surface area (Å²) in [5.41, 5.74) is 1.93. The van der Waals surface area contributed by atoms with Crippen LogP contribution in [0, 0.1) is 3.57 Å². The van der Waals surface area contributed by atoms with Gasteiger partial charge in [0.25, 0.3) is 0 Å². The molecule has 1 unspecified atom stereocenters. The van der Waals surface area contributed by atoms with Gasteiger partial charge in [-0.3, -0.25) is 0 Å². The Bertz CT molecular complexity index is 2220. The van der Waals surface area contributed by atoms with Crippen LogP contribution < -0.4 is 19.5 Å². The minimum Gasteiger partial charge on any atom is -0.497 e. The van der Waals surface area contributed by atoms with Crippen LogP contribution in [-0.2, 0) is 39.5 Å². The first kappa shape index (κ1) is 39.4. The van der Waals surface area contributed by atoms with Crippen molar-refractivity contribution in [2.24, 2.45) is 0 Å². The minimum atomic E-state index is -4.74. The summed E-state index contributed by atoms with van der Waals surface area (Å²) in [5.74, 6) is 0.948. The van der Waals surface area contributed by atoms with E-state index < -0.39 is 47.5 Å². The summed E-state index contributed by atoms with van der Waals surface area (Å²) in [5, 5.41) is 24.3. The number of hydrogen-bond donors (Lipinski definition) is 2. The first-order valence-electron chi connectivity index (χ1n) is 16.0. The normalized spacial score (nSPS) is 12.3. The number of aromatic nitrogens is 4. The molecule has 53 heavy (non-hydrogen) atoms. The third-order valence-electron chi connectivity index (χ3n) is 8.04. The molecule has 2 N–H and O–H groups in total. The number of methoxy groups -OCH3 is 3. The van der Waals surface area contributed by atoms with Gasteiger partial charge in [0, 0.05) is 22.7 Å². The average molecular weight is 877 g/mol.